The predicted molar refractivity (Wildman–Crippen MR) is 101 cm³/mol. The van der Waals surface area contributed by atoms with Gasteiger partial charge in [0, 0.05) is 57.0 Å². The van der Waals surface area contributed by atoms with Crippen LogP contribution in [0.4, 0.5) is 10.1 Å². The van der Waals surface area contributed by atoms with Gasteiger partial charge in [-0.25, -0.2) is 4.39 Å². The minimum absolute atomic E-state index is 0.0387. The van der Waals surface area contributed by atoms with E-state index < -0.39 is 0 Å². The van der Waals surface area contributed by atoms with Crippen LogP contribution in [0.3, 0.4) is 0 Å². The number of carbonyl (C=O) groups is 1. The van der Waals surface area contributed by atoms with Gasteiger partial charge in [-0.3, -0.25) is 9.78 Å². The number of aryl methyl sites for hydroxylation is 1. The Hall–Kier alpha value is -3.29. The van der Waals surface area contributed by atoms with Gasteiger partial charge in [0.15, 0.2) is 0 Å². The number of para-hydroxylation sites is 1. The Labute approximate surface area is 161 Å². The fraction of sp³-hybridized carbons (Fsp3) is 0.300. The van der Waals surface area contributed by atoms with E-state index in [9.17, 15) is 9.18 Å². The van der Waals surface area contributed by atoms with Gasteiger partial charge in [-0.05, 0) is 24.3 Å². The van der Waals surface area contributed by atoms with Crippen LogP contribution in [0.2, 0.25) is 0 Å². The maximum absolute atomic E-state index is 13.9. The zero-order valence-corrected chi connectivity index (χ0v) is 15.3. The number of carbonyl (C=O) groups excluding carboxylic acids is 1. The third-order valence-corrected chi connectivity index (χ3v) is 4.78. The molecular weight excluding hydrogens is 361 g/mol. The van der Waals surface area contributed by atoms with Crippen molar-refractivity contribution >= 4 is 11.6 Å². The molecule has 28 heavy (non-hydrogen) atoms. The molecule has 0 bridgehead atoms. The van der Waals surface area contributed by atoms with Crippen molar-refractivity contribution in [3.05, 3.63) is 60.5 Å². The van der Waals surface area contributed by atoms with E-state index in [-0.39, 0.29) is 11.7 Å². The number of aromatic nitrogens is 3. The van der Waals surface area contributed by atoms with Crippen LogP contribution in [0.5, 0.6) is 0 Å². The molecule has 1 aliphatic rings. The Balaban J connectivity index is 1.28. The number of pyridine rings is 1. The minimum Gasteiger partial charge on any atom is -0.366 e. The van der Waals surface area contributed by atoms with Gasteiger partial charge in [-0.2, -0.15) is 4.98 Å². The molecule has 0 N–H and O–H groups in total. The summed E-state index contributed by atoms with van der Waals surface area (Å²) in [6, 6.07) is 10.3. The zero-order valence-electron chi connectivity index (χ0n) is 15.3. The Bertz CT molecular complexity index is 939. The highest BCUT2D eigenvalue weighted by Gasteiger charge is 2.23. The first-order valence-electron chi connectivity index (χ1n) is 9.21. The molecule has 1 aliphatic heterocycles. The second-order valence-corrected chi connectivity index (χ2v) is 6.57. The summed E-state index contributed by atoms with van der Waals surface area (Å²) in [5.41, 5.74) is 1.41. The Kier molecular flexibility index (Phi) is 5.27. The number of benzene rings is 1. The molecule has 0 radical (unpaired) electrons. The van der Waals surface area contributed by atoms with E-state index in [0.717, 1.165) is 5.56 Å². The van der Waals surface area contributed by atoms with Crippen LogP contribution >= 0.6 is 0 Å². The van der Waals surface area contributed by atoms with Gasteiger partial charge in [-0.1, -0.05) is 17.3 Å². The number of piperazine rings is 1. The summed E-state index contributed by atoms with van der Waals surface area (Å²) in [6.07, 6.45) is 4.02. The van der Waals surface area contributed by atoms with Crippen LogP contribution in [0.25, 0.3) is 11.4 Å². The summed E-state index contributed by atoms with van der Waals surface area (Å²) in [5.74, 6) is 0.731. The molecule has 0 unspecified atom stereocenters. The molecule has 3 heterocycles. The van der Waals surface area contributed by atoms with E-state index in [1.807, 2.05) is 11.0 Å². The van der Waals surface area contributed by atoms with Gasteiger partial charge < -0.3 is 14.3 Å². The van der Waals surface area contributed by atoms with Gasteiger partial charge in [0.1, 0.15) is 5.82 Å². The normalized spacial score (nSPS) is 14.3. The van der Waals surface area contributed by atoms with Crippen LogP contribution < -0.4 is 4.90 Å². The number of hydrogen-bond donors (Lipinski definition) is 0. The van der Waals surface area contributed by atoms with Crippen molar-refractivity contribution in [2.24, 2.45) is 0 Å². The highest BCUT2D eigenvalue weighted by atomic mass is 19.1. The Morgan fingerprint density at radius 2 is 1.82 bits per heavy atom. The van der Waals surface area contributed by atoms with Gasteiger partial charge in [0.05, 0.1) is 5.69 Å². The summed E-state index contributed by atoms with van der Waals surface area (Å²) >= 11 is 0. The van der Waals surface area contributed by atoms with Crippen molar-refractivity contribution in [1.29, 1.82) is 0 Å². The fourth-order valence-electron chi connectivity index (χ4n) is 3.25. The summed E-state index contributed by atoms with van der Waals surface area (Å²) < 4.78 is 19.2. The second kappa shape index (κ2) is 8.16. The van der Waals surface area contributed by atoms with E-state index >= 15 is 0 Å². The average Bonchev–Trinajstić information content (AvgIpc) is 3.22. The number of hydrogen-bond acceptors (Lipinski definition) is 6. The first kappa shape index (κ1) is 18.1. The maximum Gasteiger partial charge on any atom is 0.227 e. The van der Waals surface area contributed by atoms with E-state index in [2.05, 4.69) is 15.1 Å². The molecule has 1 aromatic carbocycles. The van der Waals surface area contributed by atoms with Crippen molar-refractivity contribution in [1.82, 2.24) is 20.0 Å². The maximum atomic E-state index is 13.9. The standard InChI is InChI=1S/C20H20FN5O2/c21-16-3-1-2-4-17(16)25-11-13-26(14-12-25)19(27)6-5-18-23-20(24-28-18)15-7-9-22-10-8-15/h1-4,7-10H,5-6,11-14H2. The van der Waals surface area contributed by atoms with Crippen LogP contribution in [-0.4, -0.2) is 52.1 Å². The highest BCUT2D eigenvalue weighted by molar-refractivity contribution is 5.76. The molecule has 0 saturated carbocycles. The fourth-order valence-corrected chi connectivity index (χ4v) is 3.25. The third kappa shape index (κ3) is 4.00. The first-order chi connectivity index (χ1) is 13.7. The van der Waals surface area contributed by atoms with Gasteiger partial charge in [0.2, 0.25) is 17.6 Å². The molecule has 2 aromatic heterocycles. The first-order valence-corrected chi connectivity index (χ1v) is 9.21. The van der Waals surface area contributed by atoms with Crippen LogP contribution in [-0.2, 0) is 11.2 Å². The SMILES string of the molecule is O=C(CCc1nc(-c2ccncc2)no1)N1CCN(c2ccccc2F)CC1. The van der Waals surface area contributed by atoms with Gasteiger partial charge >= 0.3 is 0 Å². The van der Waals surface area contributed by atoms with Crippen LogP contribution in [0.15, 0.2) is 53.3 Å². The molecule has 144 valence electrons. The number of halogens is 1. The lowest BCUT2D eigenvalue weighted by molar-refractivity contribution is -0.131. The van der Waals surface area contributed by atoms with Crippen molar-refractivity contribution in [2.75, 3.05) is 31.1 Å². The molecule has 3 aromatic rings. The lowest BCUT2D eigenvalue weighted by Gasteiger charge is -2.36. The molecule has 8 heteroatoms. The molecule has 7 nitrogen and oxygen atoms in total. The quantitative estimate of drug-likeness (QED) is 0.676. The molecule has 1 saturated heterocycles. The van der Waals surface area contributed by atoms with E-state index in [0.29, 0.717) is 56.4 Å². The largest absolute Gasteiger partial charge is 0.366 e. The topological polar surface area (TPSA) is 75.4 Å². The molecule has 4 rings (SSSR count). The monoisotopic (exact) mass is 381 g/mol. The van der Waals surface area contributed by atoms with Crippen molar-refractivity contribution in [3.8, 4) is 11.4 Å². The van der Waals surface area contributed by atoms with Gasteiger partial charge in [0.25, 0.3) is 0 Å². The van der Waals surface area contributed by atoms with Crippen LogP contribution in [0.1, 0.15) is 12.3 Å². The van der Waals surface area contributed by atoms with E-state index in [4.69, 9.17) is 4.52 Å². The summed E-state index contributed by atoms with van der Waals surface area (Å²) in [4.78, 5) is 24.6. The average molecular weight is 381 g/mol. The van der Waals surface area contributed by atoms with Crippen LogP contribution in [0, 0.1) is 5.82 Å². The summed E-state index contributed by atoms with van der Waals surface area (Å²) in [7, 11) is 0. The molecule has 1 amide bonds. The number of rotatable bonds is 5. The minimum atomic E-state index is -0.233. The molecule has 0 atom stereocenters. The number of nitrogens with zero attached hydrogens (tertiary/aromatic N) is 5. The van der Waals surface area contributed by atoms with Crippen molar-refractivity contribution in [2.45, 2.75) is 12.8 Å². The Morgan fingerprint density at radius 1 is 1.07 bits per heavy atom. The lowest BCUT2D eigenvalue weighted by atomic mass is 10.2. The van der Waals surface area contributed by atoms with Crippen molar-refractivity contribution < 1.29 is 13.7 Å². The molecule has 0 aliphatic carbocycles. The number of anilines is 1. The highest BCUT2D eigenvalue weighted by Crippen LogP contribution is 2.20. The smallest absolute Gasteiger partial charge is 0.227 e. The molecular formula is C20H20FN5O2. The lowest BCUT2D eigenvalue weighted by Crippen LogP contribution is -2.49. The van der Waals surface area contributed by atoms with Crippen molar-refractivity contribution in [3.63, 3.8) is 0 Å². The van der Waals surface area contributed by atoms with Gasteiger partial charge in [-0.15, -0.1) is 0 Å². The van der Waals surface area contributed by atoms with E-state index in [1.165, 1.54) is 6.07 Å². The molecule has 1 fully saturated rings. The zero-order chi connectivity index (χ0) is 19.3. The summed E-state index contributed by atoms with van der Waals surface area (Å²) in [5, 5.41) is 3.95. The third-order valence-electron chi connectivity index (χ3n) is 4.78. The second-order valence-electron chi connectivity index (χ2n) is 6.57. The Morgan fingerprint density at radius 3 is 2.57 bits per heavy atom. The predicted octanol–water partition coefficient (Wildman–Crippen LogP) is 2.55. The number of amides is 1. The van der Waals surface area contributed by atoms with E-state index in [1.54, 1.807) is 41.6 Å². The molecule has 0 spiro atoms. The summed E-state index contributed by atoms with van der Waals surface area (Å²) in [6.45, 7) is 2.36.